The van der Waals surface area contributed by atoms with E-state index in [1.165, 1.54) is 109 Å². The Morgan fingerprint density at radius 1 is 0.542 bits per heavy atom. The van der Waals surface area contributed by atoms with E-state index in [4.69, 9.17) is 13.8 Å². The number of carboxylic acid groups (broad SMARTS) is 1. The first-order valence-electron chi connectivity index (χ1n) is 23.5. The fourth-order valence-electron chi connectivity index (χ4n) is 6.46. The lowest BCUT2D eigenvalue weighted by Crippen LogP contribution is -2.43. The molecular formula is C47H86NO10P. The van der Waals surface area contributed by atoms with Crippen molar-refractivity contribution in [2.75, 3.05) is 19.8 Å². The number of esters is 1. The third-order valence-corrected chi connectivity index (χ3v) is 11.1. The number of amides is 1. The van der Waals surface area contributed by atoms with Gasteiger partial charge in [0.25, 0.3) is 0 Å². The predicted octanol–water partition coefficient (Wildman–Crippen LogP) is 12.4. The number of carbonyl (C=O) groups is 3. The SMILES string of the molecule is CCCCCC/C=C\C/C=C\CCCCCCCCCC(=O)OCC(O)COP(=O)(O)OCC(NC(=O)CCCCCCCCC/C=C\CCCCCCCC)C(=O)O. The summed E-state index contributed by atoms with van der Waals surface area (Å²) in [5.74, 6) is -2.38. The second-order valence-electron chi connectivity index (χ2n) is 15.9. The van der Waals surface area contributed by atoms with Crippen molar-refractivity contribution in [1.29, 1.82) is 0 Å². The highest BCUT2D eigenvalue weighted by atomic mass is 31.2. The lowest BCUT2D eigenvalue weighted by molar-refractivity contribution is -0.147. The minimum absolute atomic E-state index is 0.141. The van der Waals surface area contributed by atoms with Gasteiger partial charge in [-0.2, -0.15) is 0 Å². The molecule has 0 rings (SSSR count). The summed E-state index contributed by atoms with van der Waals surface area (Å²) in [6.07, 6.45) is 45.9. The second kappa shape index (κ2) is 42.4. The first-order chi connectivity index (χ1) is 28.6. The van der Waals surface area contributed by atoms with Gasteiger partial charge in [-0.25, -0.2) is 9.36 Å². The summed E-state index contributed by atoms with van der Waals surface area (Å²) in [5, 5.41) is 21.9. The van der Waals surface area contributed by atoms with Crippen molar-refractivity contribution in [3.63, 3.8) is 0 Å². The number of unbranched alkanes of at least 4 members (excludes halogenated alkanes) is 24. The summed E-state index contributed by atoms with van der Waals surface area (Å²) in [4.78, 5) is 46.0. The molecule has 0 aromatic heterocycles. The molecule has 0 aromatic rings. The Balaban J connectivity index is 3.88. The van der Waals surface area contributed by atoms with Crippen LogP contribution >= 0.6 is 7.82 Å². The Bertz CT molecular complexity index is 1140. The number of phosphoric acid groups is 1. The van der Waals surface area contributed by atoms with Gasteiger partial charge >= 0.3 is 19.8 Å². The van der Waals surface area contributed by atoms with E-state index in [1.54, 1.807) is 0 Å². The molecule has 0 aliphatic rings. The summed E-state index contributed by atoms with van der Waals surface area (Å²) in [7, 11) is -4.76. The van der Waals surface area contributed by atoms with Crippen LogP contribution in [0.4, 0.5) is 0 Å². The monoisotopic (exact) mass is 856 g/mol. The molecule has 344 valence electrons. The van der Waals surface area contributed by atoms with Crippen LogP contribution in [-0.4, -0.2) is 64.9 Å². The van der Waals surface area contributed by atoms with Crippen molar-refractivity contribution in [3.05, 3.63) is 36.5 Å². The molecular weight excluding hydrogens is 769 g/mol. The van der Waals surface area contributed by atoms with Crippen LogP contribution in [0.3, 0.4) is 0 Å². The van der Waals surface area contributed by atoms with Crippen molar-refractivity contribution in [1.82, 2.24) is 5.32 Å². The minimum atomic E-state index is -4.76. The predicted molar refractivity (Wildman–Crippen MR) is 240 cm³/mol. The zero-order chi connectivity index (χ0) is 43.5. The standard InChI is InChI=1S/C47H86NO10P/c1-3-5-7-9-11-13-15-17-19-21-23-25-27-29-31-33-35-37-39-46(51)56-40-43(49)41-57-59(54,55)58-42-44(47(52)53)48-45(50)38-36-34-32-30-28-26-24-22-20-18-16-14-12-10-8-6-4-2/h13,15,18-21,43-44,49H,3-12,14,16-17,22-42H2,1-2H3,(H,48,50)(H,52,53)(H,54,55)/b15-13-,20-18-,21-19-. The van der Waals surface area contributed by atoms with Gasteiger partial charge in [0.2, 0.25) is 5.91 Å². The Hall–Kier alpha value is -2.30. The van der Waals surface area contributed by atoms with Gasteiger partial charge in [0.05, 0.1) is 13.2 Å². The molecule has 3 unspecified atom stereocenters. The minimum Gasteiger partial charge on any atom is -0.480 e. The summed E-state index contributed by atoms with van der Waals surface area (Å²) in [5.41, 5.74) is 0. The van der Waals surface area contributed by atoms with Crippen molar-refractivity contribution in [2.45, 2.75) is 225 Å². The Morgan fingerprint density at radius 2 is 0.932 bits per heavy atom. The average molecular weight is 856 g/mol. The molecule has 0 heterocycles. The number of aliphatic hydroxyl groups excluding tert-OH is 1. The van der Waals surface area contributed by atoms with E-state index in [2.05, 4.69) is 55.6 Å². The molecule has 0 fully saturated rings. The molecule has 12 heteroatoms. The number of rotatable bonds is 44. The van der Waals surface area contributed by atoms with E-state index in [-0.39, 0.29) is 12.8 Å². The van der Waals surface area contributed by atoms with E-state index < -0.39 is 57.6 Å². The highest BCUT2D eigenvalue weighted by Crippen LogP contribution is 2.43. The number of hydrogen-bond acceptors (Lipinski definition) is 8. The maximum absolute atomic E-state index is 12.3. The molecule has 11 nitrogen and oxygen atoms in total. The van der Waals surface area contributed by atoms with Crippen molar-refractivity contribution < 1.29 is 47.8 Å². The van der Waals surface area contributed by atoms with Gasteiger partial charge in [0.15, 0.2) is 6.04 Å². The fourth-order valence-corrected chi connectivity index (χ4v) is 7.23. The number of ether oxygens (including phenoxy) is 1. The molecule has 0 saturated carbocycles. The van der Waals surface area contributed by atoms with Gasteiger partial charge in [-0.15, -0.1) is 0 Å². The molecule has 0 aliphatic carbocycles. The zero-order valence-corrected chi connectivity index (χ0v) is 38.2. The average Bonchev–Trinajstić information content (AvgIpc) is 3.21. The van der Waals surface area contributed by atoms with E-state index in [9.17, 15) is 34.1 Å². The smallest absolute Gasteiger partial charge is 0.472 e. The molecule has 0 bridgehead atoms. The number of allylic oxidation sites excluding steroid dienone is 6. The quantitative estimate of drug-likeness (QED) is 0.0200. The van der Waals surface area contributed by atoms with Gasteiger partial charge in [-0.1, -0.05) is 166 Å². The maximum Gasteiger partial charge on any atom is 0.472 e. The van der Waals surface area contributed by atoms with Crippen LogP contribution < -0.4 is 5.32 Å². The van der Waals surface area contributed by atoms with Crippen LogP contribution in [0.1, 0.15) is 213 Å². The maximum atomic E-state index is 12.3. The van der Waals surface area contributed by atoms with Gasteiger partial charge in [-0.3, -0.25) is 18.6 Å². The molecule has 0 radical (unpaired) electrons. The van der Waals surface area contributed by atoms with Crippen LogP contribution in [0.2, 0.25) is 0 Å². The van der Waals surface area contributed by atoms with Crippen LogP contribution in [0.15, 0.2) is 36.5 Å². The summed E-state index contributed by atoms with van der Waals surface area (Å²) >= 11 is 0. The van der Waals surface area contributed by atoms with Crippen LogP contribution in [0.25, 0.3) is 0 Å². The van der Waals surface area contributed by atoms with Crippen LogP contribution in [0.5, 0.6) is 0 Å². The molecule has 4 N–H and O–H groups in total. The number of aliphatic carboxylic acids is 1. The number of aliphatic hydroxyl groups is 1. The lowest BCUT2D eigenvalue weighted by Gasteiger charge is -2.18. The summed E-state index contributed by atoms with van der Waals surface area (Å²) in [6, 6.07) is -1.55. The van der Waals surface area contributed by atoms with Gasteiger partial charge in [0.1, 0.15) is 12.7 Å². The molecule has 0 saturated heterocycles. The van der Waals surface area contributed by atoms with Gasteiger partial charge < -0.3 is 25.2 Å². The summed E-state index contributed by atoms with van der Waals surface area (Å²) < 4.78 is 26.9. The van der Waals surface area contributed by atoms with E-state index in [0.717, 1.165) is 64.2 Å². The van der Waals surface area contributed by atoms with E-state index in [0.29, 0.717) is 12.8 Å². The molecule has 0 aliphatic heterocycles. The lowest BCUT2D eigenvalue weighted by atomic mass is 10.1. The van der Waals surface area contributed by atoms with Crippen molar-refractivity contribution in [3.8, 4) is 0 Å². The Kier molecular flexibility index (Phi) is 40.7. The number of carbonyl (C=O) groups excluding carboxylic acids is 2. The number of nitrogens with one attached hydrogen (secondary N) is 1. The number of hydrogen-bond donors (Lipinski definition) is 4. The van der Waals surface area contributed by atoms with Gasteiger partial charge in [-0.05, 0) is 70.6 Å². The first kappa shape index (κ1) is 56.7. The first-order valence-corrected chi connectivity index (χ1v) is 25.0. The third kappa shape index (κ3) is 42.2. The van der Waals surface area contributed by atoms with Crippen molar-refractivity contribution in [2.24, 2.45) is 0 Å². The molecule has 0 aromatic carbocycles. The second-order valence-corrected chi connectivity index (χ2v) is 17.4. The number of carboxylic acids is 1. The molecule has 0 spiro atoms. The Labute approximate surface area is 359 Å². The molecule has 1 amide bonds. The van der Waals surface area contributed by atoms with E-state index >= 15 is 0 Å². The Morgan fingerprint density at radius 3 is 1.41 bits per heavy atom. The van der Waals surface area contributed by atoms with Gasteiger partial charge in [0, 0.05) is 12.8 Å². The fraction of sp³-hybridized carbons (Fsp3) is 0.809. The molecule has 59 heavy (non-hydrogen) atoms. The largest absolute Gasteiger partial charge is 0.480 e. The summed E-state index contributed by atoms with van der Waals surface area (Å²) in [6.45, 7) is 2.58. The zero-order valence-electron chi connectivity index (χ0n) is 37.3. The highest BCUT2D eigenvalue weighted by Gasteiger charge is 2.28. The van der Waals surface area contributed by atoms with Crippen LogP contribution in [-0.2, 0) is 32.7 Å². The van der Waals surface area contributed by atoms with E-state index in [1.807, 2.05) is 0 Å². The van der Waals surface area contributed by atoms with Crippen molar-refractivity contribution >= 4 is 25.7 Å². The van der Waals surface area contributed by atoms with Crippen LogP contribution in [0, 0.1) is 0 Å². The number of phosphoric ester groups is 1. The normalized spacial score (nSPS) is 14.0. The highest BCUT2D eigenvalue weighted by molar-refractivity contribution is 7.47. The molecule has 3 atom stereocenters. The third-order valence-electron chi connectivity index (χ3n) is 10.2. The topological polar surface area (TPSA) is 169 Å².